The van der Waals surface area contributed by atoms with E-state index in [1.807, 2.05) is 6.07 Å². The van der Waals surface area contributed by atoms with E-state index in [4.69, 9.17) is 14.2 Å². The predicted octanol–water partition coefficient (Wildman–Crippen LogP) is 4.08. The van der Waals surface area contributed by atoms with Crippen molar-refractivity contribution in [3.05, 3.63) is 42.1 Å². The Morgan fingerprint density at radius 1 is 1.07 bits per heavy atom. The predicted molar refractivity (Wildman–Crippen MR) is 201 cm³/mol. The first-order valence-corrected chi connectivity index (χ1v) is 19.7. The van der Waals surface area contributed by atoms with Crippen LogP contribution in [0, 0.1) is 0 Å². The number of hydrogen-bond acceptors (Lipinski definition) is 11. The lowest BCUT2D eigenvalue weighted by atomic mass is 9.94. The topological polar surface area (TPSA) is 199 Å². The van der Waals surface area contributed by atoms with Crippen LogP contribution in [0.2, 0.25) is 0 Å². The van der Waals surface area contributed by atoms with Crippen molar-refractivity contribution in [2.45, 2.75) is 128 Å². The van der Waals surface area contributed by atoms with Gasteiger partial charge in [0, 0.05) is 24.4 Å². The van der Waals surface area contributed by atoms with E-state index in [2.05, 4.69) is 20.3 Å². The third-order valence-corrected chi connectivity index (χ3v) is 10.8. The van der Waals surface area contributed by atoms with E-state index in [1.165, 1.54) is 17.9 Å². The van der Waals surface area contributed by atoms with Crippen LogP contribution < -0.4 is 24.8 Å². The number of benzene rings is 1. The van der Waals surface area contributed by atoms with E-state index in [1.54, 1.807) is 73.0 Å². The maximum atomic E-state index is 14.5. The number of carbonyl (C=O) groups excluding carboxylic acids is 5. The molecular weight excluding hydrogens is 719 g/mol. The number of allylic oxidation sites excluding steroid dienone is 2. The Labute approximate surface area is 317 Å². The van der Waals surface area contributed by atoms with Gasteiger partial charge in [-0.05, 0) is 103 Å². The number of methoxy groups -OCH3 is 1. The number of alkyl carbamates (subject to hydrolysis) is 1. The number of likely N-dealkylation sites (tertiary alicyclic amines) is 1. The molecule has 2 aliphatic rings. The van der Waals surface area contributed by atoms with Gasteiger partial charge in [0.15, 0.2) is 5.78 Å². The van der Waals surface area contributed by atoms with Gasteiger partial charge in [-0.25, -0.2) is 18.2 Å². The summed E-state index contributed by atoms with van der Waals surface area (Å²) in [5.74, 6) is -1.65. The molecule has 0 radical (unpaired) electrons. The number of carbonyl (C=O) groups is 5. The standard InChI is InChI=1S/C38H53N5O10S/c1-9-17-38(7,35(47)42-54(49,50)28-12-13-28)41-32(45)31-21-27(52-33-29-14-11-26(51-8)20-24(29)16-18-39-33)22-43(31)34(46)30(15-10-25(44)19-23(2)3)40-36(48)53-37(4,5)6/h11,14,16,18-20,27-28,30-31H,9-10,12-13,15,17,21-22H2,1-8H3,(H,40,48)(H,41,45)(H,42,47)/t27-,30+,31+,38-/m1/s1. The van der Waals surface area contributed by atoms with Crippen molar-refractivity contribution in [2.24, 2.45) is 0 Å². The number of ether oxygens (including phenoxy) is 3. The molecule has 0 spiro atoms. The van der Waals surface area contributed by atoms with Gasteiger partial charge in [0.1, 0.15) is 35.1 Å². The highest BCUT2D eigenvalue weighted by Gasteiger charge is 2.47. The largest absolute Gasteiger partial charge is 0.497 e. The number of sulfonamides is 1. The van der Waals surface area contributed by atoms with E-state index in [0.717, 1.165) is 11.0 Å². The van der Waals surface area contributed by atoms with Crippen molar-refractivity contribution in [3.8, 4) is 11.6 Å². The number of nitrogens with one attached hydrogen (secondary N) is 3. The summed E-state index contributed by atoms with van der Waals surface area (Å²) < 4.78 is 44.7. The Morgan fingerprint density at radius 2 is 1.78 bits per heavy atom. The van der Waals surface area contributed by atoms with Crippen LogP contribution >= 0.6 is 0 Å². The molecule has 4 rings (SSSR count). The normalized spacial score (nSPS) is 18.9. The molecule has 1 aliphatic heterocycles. The molecule has 54 heavy (non-hydrogen) atoms. The van der Waals surface area contributed by atoms with Crippen molar-refractivity contribution in [2.75, 3.05) is 13.7 Å². The number of nitrogens with zero attached hydrogens (tertiary/aromatic N) is 2. The van der Waals surface area contributed by atoms with Gasteiger partial charge >= 0.3 is 6.09 Å². The minimum atomic E-state index is -3.92. The number of amides is 4. The van der Waals surface area contributed by atoms with Crippen LogP contribution in [0.15, 0.2) is 42.1 Å². The summed E-state index contributed by atoms with van der Waals surface area (Å²) in [6, 6.07) is 4.64. The van der Waals surface area contributed by atoms with Gasteiger partial charge in [-0.2, -0.15) is 0 Å². The number of aromatic nitrogens is 1. The Morgan fingerprint density at radius 3 is 2.39 bits per heavy atom. The molecule has 1 aliphatic carbocycles. The third-order valence-electron chi connectivity index (χ3n) is 9.03. The first-order chi connectivity index (χ1) is 25.2. The SMILES string of the molecule is CCC[C@@](C)(NC(=O)[C@@H]1C[C@@H](Oc2nccc3cc(OC)ccc23)CN1C(=O)[C@H](CCC(=O)C=C(C)C)NC(=O)OC(C)(C)C)C(=O)NS(=O)(=O)C1CC1. The van der Waals surface area contributed by atoms with Crippen LogP contribution in [0.3, 0.4) is 0 Å². The minimum Gasteiger partial charge on any atom is -0.497 e. The zero-order valence-corrected chi connectivity index (χ0v) is 33.1. The molecule has 15 nitrogen and oxygen atoms in total. The van der Waals surface area contributed by atoms with E-state index < -0.39 is 68.4 Å². The van der Waals surface area contributed by atoms with Gasteiger partial charge in [0.2, 0.25) is 27.7 Å². The number of rotatable bonds is 16. The van der Waals surface area contributed by atoms with E-state index in [9.17, 15) is 32.4 Å². The molecule has 2 fully saturated rings. The van der Waals surface area contributed by atoms with Crippen molar-refractivity contribution in [1.82, 2.24) is 25.2 Å². The molecule has 4 atom stereocenters. The quantitative estimate of drug-likeness (QED) is 0.208. The zero-order valence-electron chi connectivity index (χ0n) is 32.3. The Balaban J connectivity index is 1.68. The summed E-state index contributed by atoms with van der Waals surface area (Å²) >= 11 is 0. The fourth-order valence-electron chi connectivity index (χ4n) is 6.26. The molecular formula is C38H53N5O10S. The van der Waals surface area contributed by atoms with Crippen LogP contribution in [0.4, 0.5) is 4.79 Å². The maximum Gasteiger partial charge on any atom is 0.408 e. The van der Waals surface area contributed by atoms with Crippen molar-refractivity contribution in [3.63, 3.8) is 0 Å². The summed E-state index contributed by atoms with van der Waals surface area (Å²) in [6.07, 6.45) is 2.53. The molecule has 1 aromatic carbocycles. The lowest BCUT2D eigenvalue weighted by Crippen LogP contribution is -2.62. The summed E-state index contributed by atoms with van der Waals surface area (Å²) in [5.41, 5.74) is -1.77. The second kappa shape index (κ2) is 17.2. The van der Waals surface area contributed by atoms with Gasteiger partial charge in [-0.1, -0.05) is 18.9 Å². The van der Waals surface area contributed by atoms with Gasteiger partial charge in [-0.3, -0.25) is 23.9 Å². The molecule has 1 saturated heterocycles. The van der Waals surface area contributed by atoms with Gasteiger partial charge in [0.25, 0.3) is 5.91 Å². The number of ketones is 1. The lowest BCUT2D eigenvalue weighted by molar-refractivity contribution is -0.142. The first kappa shape index (κ1) is 42.0. The lowest BCUT2D eigenvalue weighted by Gasteiger charge is -2.33. The number of fused-ring (bicyclic) bond motifs is 1. The summed E-state index contributed by atoms with van der Waals surface area (Å²) in [7, 11) is -2.37. The second-order valence-corrected chi connectivity index (χ2v) is 17.3. The molecule has 296 valence electrons. The van der Waals surface area contributed by atoms with Gasteiger partial charge in [0.05, 0.1) is 18.9 Å². The Hall–Kier alpha value is -4.73. The molecule has 1 aromatic heterocycles. The molecule has 2 aromatic rings. The van der Waals surface area contributed by atoms with Crippen LogP contribution in [-0.2, 0) is 33.9 Å². The summed E-state index contributed by atoms with van der Waals surface area (Å²) in [4.78, 5) is 73.6. The van der Waals surface area contributed by atoms with Gasteiger partial charge in [-0.15, -0.1) is 0 Å². The van der Waals surface area contributed by atoms with Crippen molar-refractivity contribution >= 4 is 50.4 Å². The molecule has 2 heterocycles. The highest BCUT2D eigenvalue weighted by molar-refractivity contribution is 7.91. The third kappa shape index (κ3) is 11.1. The highest BCUT2D eigenvalue weighted by Crippen LogP contribution is 2.32. The van der Waals surface area contributed by atoms with E-state index in [0.29, 0.717) is 30.4 Å². The average molecular weight is 772 g/mol. The second-order valence-electron chi connectivity index (χ2n) is 15.4. The highest BCUT2D eigenvalue weighted by atomic mass is 32.2. The molecule has 0 bridgehead atoms. The fraction of sp³-hybridized carbons (Fsp3) is 0.579. The smallest absolute Gasteiger partial charge is 0.408 e. The Bertz CT molecular complexity index is 1880. The number of hydrogen-bond donors (Lipinski definition) is 3. The number of pyridine rings is 1. The minimum absolute atomic E-state index is 0.0359. The molecule has 3 N–H and O–H groups in total. The summed E-state index contributed by atoms with van der Waals surface area (Å²) in [5, 5.41) is 6.12. The van der Waals surface area contributed by atoms with E-state index in [-0.39, 0.29) is 43.9 Å². The van der Waals surface area contributed by atoms with Crippen LogP contribution in [0.1, 0.15) is 93.4 Å². The zero-order chi connectivity index (χ0) is 40.0. The molecule has 4 amide bonds. The first-order valence-electron chi connectivity index (χ1n) is 18.2. The fourth-order valence-corrected chi connectivity index (χ4v) is 7.67. The molecule has 0 unspecified atom stereocenters. The van der Waals surface area contributed by atoms with Crippen molar-refractivity contribution in [1.29, 1.82) is 0 Å². The van der Waals surface area contributed by atoms with Crippen molar-refractivity contribution < 1.29 is 46.6 Å². The summed E-state index contributed by atoms with van der Waals surface area (Å²) in [6.45, 7) is 11.6. The van der Waals surface area contributed by atoms with Crippen LogP contribution in [-0.4, -0.2) is 96.1 Å². The van der Waals surface area contributed by atoms with E-state index >= 15 is 0 Å². The Kier molecular flexibility index (Phi) is 13.4. The van der Waals surface area contributed by atoms with Crippen LogP contribution in [0.25, 0.3) is 10.8 Å². The molecule has 1 saturated carbocycles. The van der Waals surface area contributed by atoms with Crippen LogP contribution in [0.5, 0.6) is 11.6 Å². The van der Waals surface area contributed by atoms with Gasteiger partial charge < -0.3 is 29.7 Å². The monoisotopic (exact) mass is 771 g/mol. The molecule has 16 heteroatoms. The maximum absolute atomic E-state index is 14.5. The average Bonchev–Trinajstić information content (AvgIpc) is 3.86.